The van der Waals surface area contributed by atoms with Crippen LogP contribution in [0.4, 0.5) is 0 Å². The van der Waals surface area contributed by atoms with Crippen LogP contribution in [-0.2, 0) is 9.59 Å². The molecule has 0 heterocycles. The van der Waals surface area contributed by atoms with E-state index in [1.54, 1.807) is 0 Å². The van der Waals surface area contributed by atoms with E-state index in [9.17, 15) is 9.59 Å². The average Bonchev–Trinajstić information content (AvgIpc) is 3.13. The number of guanidine groups is 1. The first-order valence-electron chi connectivity index (χ1n) is 22.1. The molecule has 0 aromatic carbocycles. The smallest absolute Gasteiger partial charge is 0.241 e. The molecule has 2 amide bonds. The second-order valence-electron chi connectivity index (χ2n) is 15.3. The molecule has 0 bridgehead atoms. The van der Waals surface area contributed by atoms with Crippen molar-refractivity contribution in [2.24, 2.45) is 27.9 Å². The molecule has 0 saturated heterocycles. The molecule has 9 nitrogen and oxygen atoms in total. The van der Waals surface area contributed by atoms with E-state index in [2.05, 4.69) is 36.3 Å². The van der Waals surface area contributed by atoms with Crippen LogP contribution in [0.1, 0.15) is 206 Å². The number of aliphatic imine (C=N–C) groups is 1. The van der Waals surface area contributed by atoms with Crippen molar-refractivity contribution in [1.82, 2.24) is 10.2 Å². The van der Waals surface area contributed by atoms with Gasteiger partial charge in [0.15, 0.2) is 5.96 Å². The number of nitrogens with zero attached hydrogens (tertiary/aromatic N) is 2. The number of hydrogen-bond acceptors (Lipinski definition) is 5. The molecule has 1 unspecified atom stereocenters. The van der Waals surface area contributed by atoms with Crippen molar-refractivity contribution in [2.45, 2.75) is 219 Å². The summed E-state index contributed by atoms with van der Waals surface area (Å²) in [6, 6.07) is -1.47. The van der Waals surface area contributed by atoms with Gasteiger partial charge in [-0.2, -0.15) is 0 Å². The van der Waals surface area contributed by atoms with Crippen molar-refractivity contribution in [3.63, 3.8) is 0 Å². The first-order valence-corrected chi connectivity index (χ1v) is 22.1. The summed E-state index contributed by atoms with van der Waals surface area (Å²) in [6.45, 7) is 6.51. The molecule has 0 aliphatic rings. The first kappa shape index (κ1) is 60.4. The van der Waals surface area contributed by atoms with E-state index in [-0.39, 0.29) is 61.5 Å². The Labute approximate surface area is 358 Å². The molecule has 0 spiro atoms. The van der Waals surface area contributed by atoms with E-state index in [1.807, 2.05) is 4.90 Å². The van der Waals surface area contributed by atoms with Crippen LogP contribution in [0.25, 0.3) is 0 Å². The lowest BCUT2D eigenvalue weighted by atomic mass is 10.0. The minimum Gasteiger partial charge on any atom is -0.370 e. The van der Waals surface area contributed by atoms with E-state index < -0.39 is 12.1 Å². The maximum absolute atomic E-state index is 13.4. The monoisotopic (exact) mass is 842 g/mol. The summed E-state index contributed by atoms with van der Waals surface area (Å²) in [6.07, 6.45) is 41.8. The number of carbonyl (C=O) groups is 2. The van der Waals surface area contributed by atoms with Crippen molar-refractivity contribution >= 4 is 55.0 Å². The lowest BCUT2D eigenvalue weighted by Gasteiger charge is -2.26. The second-order valence-corrected chi connectivity index (χ2v) is 15.3. The highest BCUT2D eigenvalue weighted by molar-refractivity contribution is 5.86. The highest BCUT2D eigenvalue weighted by Crippen LogP contribution is 2.14. The highest BCUT2D eigenvalue weighted by atomic mass is 35.5. The van der Waals surface area contributed by atoms with Crippen LogP contribution in [0.15, 0.2) is 17.1 Å². The Kier molecular flexibility index (Phi) is 51.8. The Morgan fingerprint density at radius 3 is 1.29 bits per heavy atom. The summed E-state index contributed by atoms with van der Waals surface area (Å²) in [5.74, 6) is -0.359. The number of halogens is 3. The van der Waals surface area contributed by atoms with Gasteiger partial charge in [0.05, 0.1) is 6.04 Å². The SMILES string of the molecule is CCCCCCCC/C=C\CCCCCCCCN(CCCCCCCCCCCCCCCC)C(=O)C(N)CNC(=O)[C@@H](N)CCCN=C(N)N.Cl.Cl.Cl. The van der Waals surface area contributed by atoms with Gasteiger partial charge in [-0.15, -0.1) is 37.2 Å². The predicted octanol–water partition coefficient (Wildman–Crippen LogP) is 10.4. The molecule has 2 atom stereocenters. The maximum Gasteiger partial charge on any atom is 0.241 e. The molecular weight excluding hydrogens is 753 g/mol. The molecule has 0 aromatic heterocycles. The molecule has 0 rings (SSSR count). The molecular formula is C43H90Cl3N7O2. The normalized spacial score (nSPS) is 11.9. The van der Waals surface area contributed by atoms with Gasteiger partial charge in [0.25, 0.3) is 0 Å². The third-order valence-corrected chi connectivity index (χ3v) is 10.2. The van der Waals surface area contributed by atoms with Crippen LogP contribution in [0.5, 0.6) is 0 Å². The van der Waals surface area contributed by atoms with Gasteiger partial charge in [-0.05, 0) is 51.4 Å². The Hall–Kier alpha value is -1.26. The Balaban J connectivity index is -0.00000433. The van der Waals surface area contributed by atoms with E-state index in [0.29, 0.717) is 19.4 Å². The van der Waals surface area contributed by atoms with Gasteiger partial charge in [0.2, 0.25) is 11.8 Å². The van der Waals surface area contributed by atoms with Gasteiger partial charge in [0.1, 0.15) is 6.04 Å². The zero-order valence-corrected chi connectivity index (χ0v) is 38.0. The zero-order chi connectivity index (χ0) is 38.3. The number of rotatable bonds is 39. The minimum absolute atomic E-state index is 0. The van der Waals surface area contributed by atoms with E-state index in [1.165, 1.54) is 154 Å². The van der Waals surface area contributed by atoms with Crippen LogP contribution >= 0.6 is 37.2 Å². The van der Waals surface area contributed by atoms with Crippen molar-refractivity contribution in [3.05, 3.63) is 12.2 Å². The number of hydrogen-bond donors (Lipinski definition) is 5. The quantitative estimate of drug-likeness (QED) is 0.0179. The molecule has 0 aliphatic carbocycles. The van der Waals surface area contributed by atoms with Gasteiger partial charge in [-0.1, -0.05) is 167 Å². The zero-order valence-electron chi connectivity index (χ0n) is 35.6. The Morgan fingerprint density at radius 2 is 0.909 bits per heavy atom. The molecule has 0 radical (unpaired) electrons. The third kappa shape index (κ3) is 42.2. The molecule has 0 fully saturated rings. The molecule has 330 valence electrons. The van der Waals surface area contributed by atoms with Gasteiger partial charge < -0.3 is 33.2 Å². The number of nitrogens with two attached hydrogens (primary N) is 4. The number of nitrogens with one attached hydrogen (secondary N) is 1. The summed E-state index contributed by atoms with van der Waals surface area (Å²) in [5.41, 5.74) is 23.1. The fourth-order valence-corrected chi connectivity index (χ4v) is 6.69. The number of amides is 2. The van der Waals surface area contributed by atoms with Crippen molar-refractivity contribution in [3.8, 4) is 0 Å². The topological polar surface area (TPSA) is 166 Å². The summed E-state index contributed by atoms with van der Waals surface area (Å²) < 4.78 is 0. The van der Waals surface area contributed by atoms with Crippen molar-refractivity contribution in [2.75, 3.05) is 26.2 Å². The van der Waals surface area contributed by atoms with Crippen molar-refractivity contribution < 1.29 is 9.59 Å². The van der Waals surface area contributed by atoms with Crippen LogP contribution in [0.3, 0.4) is 0 Å². The Bertz CT molecular complexity index is 879. The van der Waals surface area contributed by atoms with Crippen LogP contribution < -0.4 is 28.3 Å². The summed E-state index contributed by atoms with van der Waals surface area (Å²) in [4.78, 5) is 31.8. The third-order valence-electron chi connectivity index (χ3n) is 10.2. The van der Waals surface area contributed by atoms with Gasteiger partial charge in [0, 0.05) is 26.2 Å². The molecule has 12 heteroatoms. The van der Waals surface area contributed by atoms with Gasteiger partial charge >= 0.3 is 0 Å². The van der Waals surface area contributed by atoms with Crippen LogP contribution in [-0.4, -0.2) is 60.9 Å². The van der Waals surface area contributed by atoms with Crippen LogP contribution in [0, 0.1) is 0 Å². The predicted molar refractivity (Wildman–Crippen MR) is 247 cm³/mol. The maximum atomic E-state index is 13.4. The second kappa shape index (κ2) is 47.1. The molecule has 9 N–H and O–H groups in total. The lowest BCUT2D eigenvalue weighted by molar-refractivity contribution is -0.133. The first-order chi connectivity index (χ1) is 25.3. The standard InChI is InChI=1S/C43H87N7O2.3ClH/c1-3-5-7-9-11-13-15-17-19-20-22-24-26-28-30-32-37-50(36-31-29-27-25-23-21-18-16-14-12-10-8-6-4-2)42(52)40(45)38-49-41(51)39(44)34-33-35-48-43(46)47;;;/h17,19,39-40H,3-16,18,20-38,44-45H2,1-2H3,(H,49,51)(H4,46,47,48);3*1H/b19-17-;;;/t39-,40?;;;/m0.../s1. The fraction of sp³-hybridized carbons (Fsp3) is 0.884. The minimum atomic E-state index is -0.779. The number of carbonyl (C=O) groups excluding carboxylic acids is 2. The average molecular weight is 844 g/mol. The van der Waals surface area contributed by atoms with Crippen LogP contribution in [0.2, 0.25) is 0 Å². The number of unbranched alkanes of at least 4 members (excludes halogenated alkanes) is 25. The highest BCUT2D eigenvalue weighted by Gasteiger charge is 2.22. The summed E-state index contributed by atoms with van der Waals surface area (Å²) in [7, 11) is 0. The van der Waals surface area contributed by atoms with E-state index in [0.717, 1.165) is 38.8 Å². The summed E-state index contributed by atoms with van der Waals surface area (Å²) in [5, 5.41) is 2.78. The molecule has 0 saturated carbocycles. The number of allylic oxidation sites excluding steroid dienone is 2. The van der Waals surface area contributed by atoms with E-state index in [4.69, 9.17) is 22.9 Å². The largest absolute Gasteiger partial charge is 0.370 e. The molecule has 0 aliphatic heterocycles. The molecule has 55 heavy (non-hydrogen) atoms. The fourth-order valence-electron chi connectivity index (χ4n) is 6.69. The van der Waals surface area contributed by atoms with Crippen molar-refractivity contribution in [1.29, 1.82) is 0 Å². The van der Waals surface area contributed by atoms with Gasteiger partial charge in [-0.3, -0.25) is 14.6 Å². The molecule has 0 aromatic rings. The van der Waals surface area contributed by atoms with Gasteiger partial charge in [-0.25, -0.2) is 0 Å². The van der Waals surface area contributed by atoms with E-state index >= 15 is 0 Å². The summed E-state index contributed by atoms with van der Waals surface area (Å²) >= 11 is 0. The lowest BCUT2D eigenvalue weighted by Crippen LogP contribution is -2.52. The Morgan fingerprint density at radius 1 is 0.545 bits per heavy atom.